The molecule has 0 unspecified atom stereocenters. The molecule has 0 atom stereocenters. The summed E-state index contributed by atoms with van der Waals surface area (Å²) < 4.78 is 10.8. The van der Waals surface area contributed by atoms with E-state index in [2.05, 4.69) is 41.9 Å². The van der Waals surface area contributed by atoms with Gasteiger partial charge in [-0.25, -0.2) is 4.79 Å². The predicted octanol–water partition coefficient (Wildman–Crippen LogP) is 6.60. The minimum absolute atomic E-state index is 0.0700. The van der Waals surface area contributed by atoms with E-state index in [4.69, 9.17) is 10.5 Å². The first-order chi connectivity index (χ1) is 16.4. The average molecular weight is 636 g/mol. The number of halogens is 2. The second-order valence-electron chi connectivity index (χ2n) is 8.83. The molecule has 0 spiro atoms. The normalized spacial score (nSPS) is 10.4. The van der Waals surface area contributed by atoms with Gasteiger partial charge in [0.2, 0.25) is 0 Å². The maximum absolute atomic E-state index is 11.5. The van der Waals surface area contributed by atoms with Gasteiger partial charge in [0.15, 0.2) is 0 Å². The van der Waals surface area contributed by atoms with Crippen LogP contribution in [0.15, 0.2) is 45.3 Å². The highest BCUT2D eigenvalue weighted by Gasteiger charge is 2.20. The minimum atomic E-state index is -0.729. The Labute approximate surface area is 225 Å². The molecule has 2 aromatic carbocycles. The molecular weight excluding hydrogens is 608 g/mol. The first kappa shape index (κ1) is 32.7. The van der Waals surface area contributed by atoms with E-state index in [0.717, 1.165) is 0 Å². The molecule has 3 N–H and O–H groups in total. The molecule has 0 fully saturated rings. The van der Waals surface area contributed by atoms with Crippen LogP contribution in [-0.4, -0.2) is 33.6 Å². The molecule has 0 aromatic heterocycles. The standard InChI is InChI=1S/C11H13BrN2O4.C6H5BrN2O2.C5H10O2/c1-11(2,3)18-10(15)13-8-5-4-7(12)6-9(8)14(16)17;7-4-1-2-5(8)6(3-4)9(10)11;1-5(2,3)7-4-6/h4-6H,1-3H3,(H,13,15);1-3H,8H2;4H,1-3H3. The molecule has 12 nitrogen and oxygen atoms in total. The van der Waals surface area contributed by atoms with Crippen LogP contribution in [0.1, 0.15) is 41.5 Å². The number of nitro benzene ring substituents is 2. The summed E-state index contributed by atoms with van der Waals surface area (Å²) >= 11 is 6.24. The molecule has 0 aliphatic heterocycles. The second kappa shape index (κ2) is 14.3. The molecule has 2 rings (SSSR count). The largest absolute Gasteiger partial charge is 0.462 e. The predicted molar refractivity (Wildman–Crippen MR) is 143 cm³/mol. The minimum Gasteiger partial charge on any atom is -0.462 e. The molecule has 14 heteroatoms. The Morgan fingerprint density at radius 1 is 0.917 bits per heavy atom. The summed E-state index contributed by atoms with van der Waals surface area (Å²) in [7, 11) is 0. The van der Waals surface area contributed by atoms with Crippen molar-refractivity contribution >= 4 is 67.2 Å². The average Bonchev–Trinajstić information content (AvgIpc) is 2.69. The zero-order valence-corrected chi connectivity index (χ0v) is 23.7. The van der Waals surface area contributed by atoms with Crippen molar-refractivity contribution in [2.24, 2.45) is 0 Å². The summed E-state index contributed by atoms with van der Waals surface area (Å²) in [5.41, 5.74) is 4.36. The number of ether oxygens (including phenoxy) is 2. The van der Waals surface area contributed by atoms with Crippen molar-refractivity contribution in [3.63, 3.8) is 0 Å². The third-order valence-electron chi connectivity index (χ3n) is 3.38. The van der Waals surface area contributed by atoms with Gasteiger partial charge in [0.1, 0.15) is 22.6 Å². The summed E-state index contributed by atoms with van der Waals surface area (Å²) in [4.78, 5) is 41.1. The van der Waals surface area contributed by atoms with Crippen LogP contribution in [0.2, 0.25) is 0 Å². The Morgan fingerprint density at radius 2 is 1.39 bits per heavy atom. The molecular formula is C22H28Br2N4O8. The highest BCUT2D eigenvalue weighted by atomic mass is 79.9. The molecule has 198 valence electrons. The number of nitrogens with zero attached hydrogens (tertiary/aromatic N) is 2. The third-order valence-corrected chi connectivity index (χ3v) is 4.37. The van der Waals surface area contributed by atoms with Crippen LogP contribution in [0.4, 0.5) is 27.5 Å². The number of amides is 1. The van der Waals surface area contributed by atoms with Crippen LogP contribution in [-0.2, 0) is 14.3 Å². The lowest BCUT2D eigenvalue weighted by Gasteiger charge is -2.19. The van der Waals surface area contributed by atoms with Crippen LogP contribution in [0, 0.1) is 20.2 Å². The Morgan fingerprint density at radius 3 is 1.75 bits per heavy atom. The number of hydrogen-bond acceptors (Lipinski definition) is 9. The Bertz CT molecular complexity index is 1080. The van der Waals surface area contributed by atoms with Crippen LogP contribution < -0.4 is 11.1 Å². The number of nitrogen functional groups attached to an aromatic ring is 1. The zero-order valence-electron chi connectivity index (χ0n) is 20.5. The second-order valence-corrected chi connectivity index (χ2v) is 10.7. The van der Waals surface area contributed by atoms with Crippen molar-refractivity contribution in [1.29, 1.82) is 0 Å². The van der Waals surface area contributed by atoms with Gasteiger partial charge in [-0.1, -0.05) is 31.9 Å². The van der Waals surface area contributed by atoms with Crippen LogP contribution in [0.5, 0.6) is 0 Å². The van der Waals surface area contributed by atoms with Gasteiger partial charge in [-0.15, -0.1) is 0 Å². The fraction of sp³-hybridized carbons (Fsp3) is 0.364. The molecule has 0 saturated heterocycles. The van der Waals surface area contributed by atoms with E-state index in [9.17, 15) is 29.8 Å². The Hall–Kier alpha value is -3.26. The van der Waals surface area contributed by atoms with Gasteiger partial charge in [0.05, 0.1) is 9.85 Å². The lowest BCUT2D eigenvalue weighted by molar-refractivity contribution is -0.384. The van der Waals surface area contributed by atoms with Gasteiger partial charge in [0, 0.05) is 21.1 Å². The number of anilines is 2. The number of hydrogen-bond donors (Lipinski definition) is 2. The molecule has 0 bridgehead atoms. The number of benzene rings is 2. The monoisotopic (exact) mass is 634 g/mol. The molecule has 2 aromatic rings. The molecule has 1 amide bonds. The summed E-state index contributed by atoms with van der Waals surface area (Å²) in [5.74, 6) is 0. The highest BCUT2D eigenvalue weighted by molar-refractivity contribution is 9.10. The fourth-order valence-electron chi connectivity index (χ4n) is 1.99. The highest BCUT2D eigenvalue weighted by Crippen LogP contribution is 2.28. The van der Waals surface area contributed by atoms with Crippen molar-refractivity contribution < 1.29 is 28.9 Å². The van der Waals surface area contributed by atoms with E-state index in [1.54, 1.807) is 32.9 Å². The molecule has 0 radical (unpaired) electrons. The fourth-order valence-corrected chi connectivity index (χ4v) is 2.69. The zero-order chi connectivity index (χ0) is 28.3. The maximum atomic E-state index is 11.5. The SMILES string of the molecule is CC(C)(C)OC(=O)Nc1ccc(Br)cc1[N+](=O)[O-].CC(C)(C)OC=O.Nc1ccc(Br)cc1[N+](=O)[O-]. The van der Waals surface area contributed by atoms with E-state index >= 15 is 0 Å². The molecule has 36 heavy (non-hydrogen) atoms. The van der Waals surface area contributed by atoms with Crippen molar-refractivity contribution in [3.8, 4) is 0 Å². The number of nitro groups is 2. The summed E-state index contributed by atoms with van der Waals surface area (Å²) in [6.45, 7) is 11.1. The number of carbonyl (C=O) groups is 2. The number of nitrogens with one attached hydrogen (secondary N) is 1. The van der Waals surface area contributed by atoms with Crippen molar-refractivity contribution in [3.05, 3.63) is 65.6 Å². The summed E-state index contributed by atoms with van der Waals surface area (Å²) in [5, 5.41) is 23.5. The van der Waals surface area contributed by atoms with Crippen molar-refractivity contribution in [2.45, 2.75) is 52.7 Å². The Kier molecular flexibility index (Phi) is 13.0. The van der Waals surface area contributed by atoms with Gasteiger partial charge in [-0.2, -0.15) is 0 Å². The maximum Gasteiger partial charge on any atom is 0.412 e. The van der Waals surface area contributed by atoms with E-state index in [1.807, 2.05) is 20.8 Å². The first-order valence-electron chi connectivity index (χ1n) is 10.1. The Balaban J connectivity index is 0.000000576. The number of rotatable bonds is 4. The van der Waals surface area contributed by atoms with Crippen molar-refractivity contribution in [2.75, 3.05) is 11.1 Å². The van der Waals surface area contributed by atoms with Crippen LogP contribution in [0.3, 0.4) is 0 Å². The third kappa shape index (κ3) is 14.2. The summed E-state index contributed by atoms with van der Waals surface area (Å²) in [6.07, 6.45) is -0.729. The van der Waals surface area contributed by atoms with E-state index in [-0.39, 0.29) is 28.4 Å². The van der Waals surface area contributed by atoms with Gasteiger partial charge in [-0.3, -0.25) is 30.3 Å². The van der Waals surface area contributed by atoms with Crippen molar-refractivity contribution in [1.82, 2.24) is 0 Å². The van der Waals surface area contributed by atoms with Gasteiger partial charge in [-0.05, 0) is 65.8 Å². The van der Waals surface area contributed by atoms with Crippen LogP contribution >= 0.6 is 31.9 Å². The molecule has 0 aliphatic carbocycles. The van der Waals surface area contributed by atoms with E-state index in [0.29, 0.717) is 15.4 Å². The molecule has 0 heterocycles. The molecule has 0 saturated carbocycles. The van der Waals surface area contributed by atoms with Gasteiger partial charge in [0.25, 0.3) is 17.8 Å². The van der Waals surface area contributed by atoms with E-state index in [1.165, 1.54) is 24.3 Å². The smallest absolute Gasteiger partial charge is 0.412 e. The number of nitrogens with two attached hydrogens (primary N) is 1. The van der Waals surface area contributed by atoms with E-state index < -0.39 is 21.5 Å². The molecule has 0 aliphatic rings. The van der Waals surface area contributed by atoms with Gasteiger partial charge < -0.3 is 15.2 Å². The lowest BCUT2D eigenvalue weighted by atomic mass is 10.2. The lowest BCUT2D eigenvalue weighted by Crippen LogP contribution is -2.27. The topological polar surface area (TPSA) is 177 Å². The first-order valence-corrected chi connectivity index (χ1v) is 11.7. The van der Waals surface area contributed by atoms with Gasteiger partial charge >= 0.3 is 6.09 Å². The summed E-state index contributed by atoms with van der Waals surface area (Å²) in [6, 6.07) is 8.86. The quantitative estimate of drug-likeness (QED) is 0.162. The number of carbonyl (C=O) groups excluding carboxylic acids is 2. The van der Waals surface area contributed by atoms with Crippen LogP contribution in [0.25, 0.3) is 0 Å².